The summed E-state index contributed by atoms with van der Waals surface area (Å²) in [6.45, 7) is 4.70. The normalized spacial score (nSPS) is 14.5. The molecule has 1 atom stereocenters. The van der Waals surface area contributed by atoms with Crippen molar-refractivity contribution in [3.63, 3.8) is 0 Å². The summed E-state index contributed by atoms with van der Waals surface area (Å²) in [5, 5.41) is 8.54. The lowest BCUT2D eigenvalue weighted by atomic mass is 10.2. The molecule has 0 saturated carbocycles. The predicted octanol–water partition coefficient (Wildman–Crippen LogP) is 1.70. The molecule has 0 aliphatic carbocycles. The quantitative estimate of drug-likeness (QED) is 0.688. The van der Waals surface area contributed by atoms with Crippen LogP contribution >= 0.6 is 11.8 Å². The highest BCUT2D eigenvalue weighted by Crippen LogP contribution is 2.06. The van der Waals surface area contributed by atoms with Crippen molar-refractivity contribution in [2.75, 3.05) is 25.6 Å². The SMILES string of the molecule is CSCC(C)N(C)CC(C)=CC(=O)O. The third-order valence-corrected chi connectivity index (χ3v) is 2.84. The molecule has 14 heavy (non-hydrogen) atoms. The summed E-state index contributed by atoms with van der Waals surface area (Å²) in [5.74, 6) is 0.199. The Morgan fingerprint density at radius 1 is 1.64 bits per heavy atom. The minimum atomic E-state index is -0.867. The van der Waals surface area contributed by atoms with Gasteiger partial charge in [-0.15, -0.1) is 0 Å². The van der Waals surface area contributed by atoms with Crippen LogP contribution in [-0.2, 0) is 4.79 Å². The van der Waals surface area contributed by atoms with Crippen LogP contribution < -0.4 is 0 Å². The number of hydrogen-bond donors (Lipinski definition) is 1. The van der Waals surface area contributed by atoms with Crippen LogP contribution in [0.2, 0.25) is 0 Å². The fourth-order valence-corrected chi connectivity index (χ4v) is 1.91. The fourth-order valence-electron chi connectivity index (χ4n) is 1.17. The lowest BCUT2D eigenvalue weighted by molar-refractivity contribution is -0.131. The maximum Gasteiger partial charge on any atom is 0.328 e. The van der Waals surface area contributed by atoms with Crippen LogP contribution in [0.15, 0.2) is 11.6 Å². The minimum absolute atomic E-state index is 0.474. The smallest absolute Gasteiger partial charge is 0.328 e. The molecule has 0 aromatic rings. The van der Waals surface area contributed by atoms with Crippen LogP contribution in [0.3, 0.4) is 0 Å². The van der Waals surface area contributed by atoms with Gasteiger partial charge in [0.25, 0.3) is 0 Å². The van der Waals surface area contributed by atoms with E-state index < -0.39 is 5.97 Å². The van der Waals surface area contributed by atoms with E-state index in [9.17, 15) is 4.79 Å². The number of carbonyl (C=O) groups is 1. The van der Waals surface area contributed by atoms with Gasteiger partial charge in [0.15, 0.2) is 0 Å². The summed E-state index contributed by atoms with van der Waals surface area (Å²) in [6, 6.07) is 0.474. The standard InChI is InChI=1S/C10H19NO2S/c1-8(5-10(12)13)6-11(3)9(2)7-14-4/h5,9H,6-7H2,1-4H3,(H,12,13). The van der Waals surface area contributed by atoms with Crippen molar-refractivity contribution in [3.8, 4) is 0 Å². The number of nitrogens with zero attached hydrogens (tertiary/aromatic N) is 1. The first kappa shape index (κ1) is 13.5. The summed E-state index contributed by atoms with van der Waals surface area (Å²) in [6.07, 6.45) is 3.34. The van der Waals surface area contributed by atoms with E-state index in [1.807, 2.05) is 14.0 Å². The van der Waals surface area contributed by atoms with Gasteiger partial charge in [-0.05, 0) is 27.2 Å². The molecule has 1 unspecified atom stereocenters. The van der Waals surface area contributed by atoms with E-state index in [1.165, 1.54) is 6.08 Å². The van der Waals surface area contributed by atoms with E-state index in [2.05, 4.69) is 18.1 Å². The van der Waals surface area contributed by atoms with Crippen LogP contribution in [0, 0.1) is 0 Å². The summed E-state index contributed by atoms with van der Waals surface area (Å²) in [7, 11) is 2.01. The van der Waals surface area contributed by atoms with Crippen molar-refractivity contribution in [1.29, 1.82) is 0 Å². The van der Waals surface area contributed by atoms with E-state index in [0.29, 0.717) is 12.6 Å². The van der Waals surface area contributed by atoms with Crippen LogP contribution in [0.5, 0.6) is 0 Å². The second kappa shape index (κ2) is 6.90. The van der Waals surface area contributed by atoms with Crippen molar-refractivity contribution in [1.82, 2.24) is 4.90 Å². The molecule has 0 fully saturated rings. The van der Waals surface area contributed by atoms with Crippen molar-refractivity contribution in [2.45, 2.75) is 19.9 Å². The van der Waals surface area contributed by atoms with E-state index >= 15 is 0 Å². The van der Waals surface area contributed by atoms with E-state index in [0.717, 1.165) is 11.3 Å². The second-order valence-electron chi connectivity index (χ2n) is 3.55. The Labute approximate surface area is 90.2 Å². The van der Waals surface area contributed by atoms with Gasteiger partial charge in [0, 0.05) is 24.4 Å². The number of hydrogen-bond acceptors (Lipinski definition) is 3. The van der Waals surface area contributed by atoms with Gasteiger partial charge in [0.05, 0.1) is 0 Å². The monoisotopic (exact) mass is 217 g/mol. The average molecular weight is 217 g/mol. The first-order valence-corrected chi connectivity index (χ1v) is 5.96. The molecule has 82 valence electrons. The summed E-state index contributed by atoms with van der Waals surface area (Å²) in [5.41, 5.74) is 0.882. The molecule has 0 aliphatic rings. The highest BCUT2D eigenvalue weighted by Gasteiger charge is 2.08. The molecule has 0 amide bonds. The topological polar surface area (TPSA) is 40.5 Å². The maximum atomic E-state index is 10.4. The maximum absolute atomic E-state index is 10.4. The summed E-state index contributed by atoms with van der Waals surface area (Å²) >= 11 is 1.80. The Hall–Kier alpha value is -0.480. The molecular formula is C10H19NO2S. The second-order valence-corrected chi connectivity index (χ2v) is 4.46. The molecule has 0 spiro atoms. The van der Waals surface area contributed by atoms with Crippen LogP contribution in [0.25, 0.3) is 0 Å². The molecule has 0 bridgehead atoms. The number of thioether (sulfide) groups is 1. The number of likely N-dealkylation sites (N-methyl/N-ethyl adjacent to an activating group) is 1. The Balaban J connectivity index is 4.04. The molecule has 0 aromatic carbocycles. The van der Waals surface area contributed by atoms with Gasteiger partial charge < -0.3 is 5.11 Å². The lowest BCUT2D eigenvalue weighted by Crippen LogP contribution is -2.32. The molecule has 4 heteroatoms. The molecule has 0 aliphatic heterocycles. The Bertz CT molecular complexity index is 216. The first-order valence-electron chi connectivity index (χ1n) is 4.56. The third kappa shape index (κ3) is 6.05. The van der Waals surface area contributed by atoms with Crippen LogP contribution in [0.4, 0.5) is 0 Å². The Kier molecular flexibility index (Phi) is 6.66. The number of carboxylic acid groups (broad SMARTS) is 1. The van der Waals surface area contributed by atoms with Gasteiger partial charge in [-0.3, -0.25) is 4.90 Å². The highest BCUT2D eigenvalue weighted by atomic mass is 32.2. The Morgan fingerprint density at radius 2 is 2.21 bits per heavy atom. The number of carboxylic acids is 1. The van der Waals surface area contributed by atoms with Crippen molar-refractivity contribution >= 4 is 17.7 Å². The third-order valence-electron chi connectivity index (χ3n) is 2.03. The van der Waals surface area contributed by atoms with Crippen LogP contribution in [0.1, 0.15) is 13.8 Å². The van der Waals surface area contributed by atoms with Gasteiger partial charge >= 0.3 is 5.97 Å². The number of rotatable bonds is 6. The van der Waals surface area contributed by atoms with Crippen molar-refractivity contribution in [3.05, 3.63) is 11.6 Å². The Morgan fingerprint density at radius 3 is 2.64 bits per heavy atom. The van der Waals surface area contributed by atoms with Crippen LogP contribution in [-0.4, -0.2) is 47.6 Å². The average Bonchev–Trinajstić information content (AvgIpc) is 2.02. The first-order chi connectivity index (χ1) is 6.47. The zero-order valence-electron chi connectivity index (χ0n) is 9.28. The van der Waals surface area contributed by atoms with Crippen molar-refractivity contribution in [2.24, 2.45) is 0 Å². The van der Waals surface area contributed by atoms with Gasteiger partial charge in [0.1, 0.15) is 0 Å². The molecular weight excluding hydrogens is 198 g/mol. The molecule has 0 saturated heterocycles. The van der Waals surface area contributed by atoms with Gasteiger partial charge in [0.2, 0.25) is 0 Å². The molecule has 0 aromatic heterocycles. The molecule has 3 nitrogen and oxygen atoms in total. The highest BCUT2D eigenvalue weighted by molar-refractivity contribution is 7.98. The molecule has 0 rings (SSSR count). The van der Waals surface area contributed by atoms with Gasteiger partial charge in [-0.1, -0.05) is 5.57 Å². The molecule has 1 N–H and O–H groups in total. The van der Waals surface area contributed by atoms with E-state index in [1.54, 1.807) is 11.8 Å². The van der Waals surface area contributed by atoms with E-state index in [-0.39, 0.29) is 0 Å². The van der Waals surface area contributed by atoms with Gasteiger partial charge in [-0.25, -0.2) is 4.79 Å². The van der Waals surface area contributed by atoms with Gasteiger partial charge in [-0.2, -0.15) is 11.8 Å². The zero-order chi connectivity index (χ0) is 11.1. The fraction of sp³-hybridized carbons (Fsp3) is 0.700. The minimum Gasteiger partial charge on any atom is -0.478 e. The lowest BCUT2D eigenvalue weighted by Gasteiger charge is -2.24. The predicted molar refractivity (Wildman–Crippen MR) is 61.9 cm³/mol. The molecule has 0 radical (unpaired) electrons. The molecule has 0 heterocycles. The summed E-state index contributed by atoms with van der Waals surface area (Å²) in [4.78, 5) is 12.5. The van der Waals surface area contributed by atoms with Crippen molar-refractivity contribution < 1.29 is 9.90 Å². The van der Waals surface area contributed by atoms with E-state index in [4.69, 9.17) is 5.11 Å². The number of aliphatic carboxylic acids is 1. The zero-order valence-corrected chi connectivity index (χ0v) is 10.1. The largest absolute Gasteiger partial charge is 0.478 e. The summed E-state index contributed by atoms with van der Waals surface area (Å²) < 4.78 is 0.